The Hall–Kier alpha value is -1.63. The molecule has 1 aliphatic heterocycles. The Kier molecular flexibility index (Phi) is 4.05. The van der Waals surface area contributed by atoms with Gasteiger partial charge in [-0.15, -0.1) is 0 Å². The summed E-state index contributed by atoms with van der Waals surface area (Å²) >= 11 is 0. The molecule has 0 spiro atoms. The van der Waals surface area contributed by atoms with Gasteiger partial charge in [-0.25, -0.2) is 0 Å². The molecule has 4 aliphatic carbocycles. The summed E-state index contributed by atoms with van der Waals surface area (Å²) in [6.45, 7) is 6.99. The highest BCUT2D eigenvalue weighted by Gasteiger charge is 2.76. The number of carbonyl (C=O) groups excluding carboxylic acids is 3. The lowest BCUT2D eigenvalue weighted by atomic mass is 9.46. The Bertz CT molecular complexity index is 915. The number of rotatable bonds is 2. The van der Waals surface area contributed by atoms with Gasteiger partial charge >= 0.3 is 0 Å². The van der Waals surface area contributed by atoms with Crippen molar-refractivity contribution in [3.63, 3.8) is 0 Å². The molecule has 162 valence electrons. The van der Waals surface area contributed by atoms with E-state index in [0.29, 0.717) is 6.42 Å². The number of fused-ring (bicyclic) bond motifs is 7. The van der Waals surface area contributed by atoms with Crippen molar-refractivity contribution in [2.24, 2.45) is 28.6 Å². The fourth-order valence-corrected chi connectivity index (χ4v) is 7.74. The lowest BCUT2D eigenvalue weighted by molar-refractivity contribution is -0.214. The Balaban J connectivity index is 1.60. The van der Waals surface area contributed by atoms with Gasteiger partial charge in [0.15, 0.2) is 23.0 Å². The maximum Gasteiger partial charge on any atom is 0.193 e. The summed E-state index contributed by atoms with van der Waals surface area (Å²) in [6.07, 6.45) is 7.16. The van der Waals surface area contributed by atoms with Crippen LogP contribution < -0.4 is 0 Å². The molecule has 1 N–H and O–H groups in total. The van der Waals surface area contributed by atoms with Gasteiger partial charge in [-0.2, -0.15) is 0 Å². The van der Waals surface area contributed by atoms with E-state index in [0.717, 1.165) is 18.4 Å². The Morgan fingerprint density at radius 3 is 2.67 bits per heavy atom. The SMILES string of the molecule is CC1(C)O[C@@H]2C[C@H]3[C@@H]4CCC5=CC(=O)C=C[C@]5(C)[C@H]4C(=O)C[C@]3(C)[C@]2(C(=O)CO)O1. The Morgan fingerprint density at radius 1 is 1.23 bits per heavy atom. The van der Waals surface area contributed by atoms with Crippen LogP contribution in [0, 0.1) is 28.6 Å². The molecule has 30 heavy (non-hydrogen) atoms. The average molecular weight is 414 g/mol. The Morgan fingerprint density at radius 2 is 1.97 bits per heavy atom. The first-order valence-electron chi connectivity index (χ1n) is 11.0. The summed E-state index contributed by atoms with van der Waals surface area (Å²) in [6, 6.07) is 0. The second kappa shape index (κ2) is 5.99. The van der Waals surface area contributed by atoms with Crippen molar-refractivity contribution in [1.82, 2.24) is 0 Å². The molecule has 1 saturated heterocycles. The molecule has 7 atom stereocenters. The number of ether oxygens (including phenoxy) is 2. The van der Waals surface area contributed by atoms with Gasteiger partial charge in [0.1, 0.15) is 12.4 Å². The number of carbonyl (C=O) groups is 3. The first-order valence-corrected chi connectivity index (χ1v) is 11.0. The van der Waals surface area contributed by atoms with Gasteiger partial charge in [0, 0.05) is 23.2 Å². The summed E-state index contributed by atoms with van der Waals surface area (Å²) < 4.78 is 12.5. The van der Waals surface area contributed by atoms with E-state index >= 15 is 0 Å². The van der Waals surface area contributed by atoms with E-state index in [1.54, 1.807) is 26.0 Å². The van der Waals surface area contributed by atoms with Crippen LogP contribution in [0.4, 0.5) is 0 Å². The van der Waals surface area contributed by atoms with E-state index in [4.69, 9.17) is 9.47 Å². The second-order valence-electron chi connectivity index (χ2n) is 10.7. The molecule has 3 saturated carbocycles. The number of ketones is 3. The van der Waals surface area contributed by atoms with Crippen molar-refractivity contribution in [1.29, 1.82) is 0 Å². The monoisotopic (exact) mass is 414 g/mol. The fraction of sp³-hybridized carbons (Fsp3) is 0.708. The summed E-state index contributed by atoms with van der Waals surface area (Å²) in [7, 11) is 0. The van der Waals surface area contributed by atoms with Crippen LogP contribution in [0.15, 0.2) is 23.8 Å². The van der Waals surface area contributed by atoms with Gasteiger partial charge in [-0.3, -0.25) is 14.4 Å². The van der Waals surface area contributed by atoms with Crippen molar-refractivity contribution in [3.05, 3.63) is 23.8 Å². The van der Waals surface area contributed by atoms with Gasteiger partial charge in [0.05, 0.1) is 6.10 Å². The maximum atomic E-state index is 13.7. The first-order chi connectivity index (χ1) is 14.0. The predicted molar refractivity (Wildman–Crippen MR) is 107 cm³/mol. The average Bonchev–Trinajstić information content (AvgIpc) is 3.07. The van der Waals surface area contributed by atoms with Crippen molar-refractivity contribution < 1.29 is 29.0 Å². The van der Waals surface area contributed by atoms with Crippen molar-refractivity contribution in [3.8, 4) is 0 Å². The van der Waals surface area contributed by atoms with E-state index in [1.165, 1.54) is 0 Å². The molecule has 0 radical (unpaired) electrons. The highest BCUT2D eigenvalue weighted by atomic mass is 16.8. The number of Topliss-reactive ketones (excluding diaryl/α,β-unsaturated/α-hetero) is 2. The zero-order valence-electron chi connectivity index (χ0n) is 18.1. The smallest absolute Gasteiger partial charge is 0.193 e. The van der Waals surface area contributed by atoms with Crippen molar-refractivity contribution >= 4 is 17.3 Å². The molecule has 6 nitrogen and oxygen atoms in total. The van der Waals surface area contributed by atoms with Gasteiger partial charge < -0.3 is 14.6 Å². The normalized spacial score (nSPS) is 48.5. The van der Waals surface area contributed by atoms with Crippen LogP contribution in [0.25, 0.3) is 0 Å². The van der Waals surface area contributed by atoms with E-state index in [1.807, 2.05) is 13.0 Å². The second-order valence-corrected chi connectivity index (χ2v) is 10.7. The molecule has 0 unspecified atom stereocenters. The van der Waals surface area contributed by atoms with Crippen LogP contribution >= 0.6 is 0 Å². The van der Waals surface area contributed by atoms with Gasteiger partial charge in [0.2, 0.25) is 0 Å². The molecule has 6 heteroatoms. The maximum absolute atomic E-state index is 13.7. The number of aliphatic hydroxyl groups is 1. The lowest BCUT2D eigenvalue weighted by Crippen LogP contribution is -2.63. The van der Waals surface area contributed by atoms with Crippen LogP contribution in [0.2, 0.25) is 0 Å². The number of hydrogen-bond acceptors (Lipinski definition) is 6. The predicted octanol–water partition coefficient (Wildman–Crippen LogP) is 2.53. The van der Waals surface area contributed by atoms with Gasteiger partial charge in [-0.05, 0) is 57.1 Å². The van der Waals surface area contributed by atoms with Crippen molar-refractivity contribution in [2.75, 3.05) is 6.61 Å². The highest BCUT2D eigenvalue weighted by molar-refractivity contribution is 6.02. The lowest BCUT2D eigenvalue weighted by Gasteiger charge is -2.57. The molecule has 0 aromatic heterocycles. The molecule has 0 amide bonds. The van der Waals surface area contributed by atoms with Crippen LogP contribution in [-0.4, -0.2) is 46.6 Å². The van der Waals surface area contributed by atoms with E-state index in [9.17, 15) is 19.5 Å². The van der Waals surface area contributed by atoms with Crippen LogP contribution in [0.3, 0.4) is 0 Å². The summed E-state index contributed by atoms with van der Waals surface area (Å²) in [5.74, 6) is -1.29. The van der Waals surface area contributed by atoms with Gasteiger partial charge in [0.25, 0.3) is 0 Å². The standard InChI is InChI=1S/C24H30O6/c1-21(2)29-19-10-16-15-6-5-13-9-14(26)7-8-22(13,3)20(15)17(27)11-23(16,4)24(19,30-21)18(28)12-25/h7-9,15-16,19-20,25H,5-6,10-12H2,1-4H3/t15-,16-,19+,20+,22-,23-,24+/m0/s1. The zero-order chi connectivity index (χ0) is 21.7. The molecule has 1 heterocycles. The van der Waals surface area contributed by atoms with E-state index in [-0.39, 0.29) is 41.5 Å². The van der Waals surface area contributed by atoms with E-state index < -0.39 is 34.9 Å². The largest absolute Gasteiger partial charge is 0.388 e. The summed E-state index contributed by atoms with van der Waals surface area (Å²) in [5, 5.41) is 9.81. The quantitative estimate of drug-likeness (QED) is 0.747. The third-order valence-corrected chi connectivity index (χ3v) is 8.81. The third kappa shape index (κ3) is 2.28. The molecule has 0 aromatic carbocycles. The van der Waals surface area contributed by atoms with E-state index in [2.05, 4.69) is 6.92 Å². The van der Waals surface area contributed by atoms with Gasteiger partial charge in [-0.1, -0.05) is 25.5 Å². The summed E-state index contributed by atoms with van der Waals surface area (Å²) in [4.78, 5) is 38.8. The number of aliphatic hydroxyl groups excluding tert-OH is 1. The first kappa shape index (κ1) is 20.3. The van der Waals surface area contributed by atoms with Crippen LogP contribution in [0.1, 0.15) is 53.4 Å². The minimum absolute atomic E-state index is 0.0130. The van der Waals surface area contributed by atoms with Crippen LogP contribution in [0.5, 0.6) is 0 Å². The molecule has 5 aliphatic rings. The highest BCUT2D eigenvalue weighted by Crippen LogP contribution is 2.69. The fourth-order valence-electron chi connectivity index (χ4n) is 7.74. The molecular formula is C24H30O6. The molecule has 0 aromatic rings. The minimum atomic E-state index is -1.30. The third-order valence-electron chi connectivity index (χ3n) is 8.81. The van der Waals surface area contributed by atoms with Crippen LogP contribution in [-0.2, 0) is 23.9 Å². The Labute approximate surface area is 176 Å². The topological polar surface area (TPSA) is 89.9 Å². The molecule has 0 bridgehead atoms. The number of hydrogen-bond donors (Lipinski definition) is 1. The molecule has 5 rings (SSSR count). The zero-order valence-corrected chi connectivity index (χ0v) is 18.1. The van der Waals surface area contributed by atoms with Crippen molar-refractivity contribution in [2.45, 2.75) is 70.9 Å². The summed E-state index contributed by atoms with van der Waals surface area (Å²) in [5.41, 5.74) is -1.44. The molecular weight excluding hydrogens is 384 g/mol. The molecule has 4 fully saturated rings. The minimum Gasteiger partial charge on any atom is -0.388 e. The number of allylic oxidation sites excluding steroid dienone is 4.